The number of aliphatic hydroxyl groups excluding tert-OH is 1. The summed E-state index contributed by atoms with van der Waals surface area (Å²) in [6.07, 6.45) is 3.22. The Labute approximate surface area is 220 Å². The van der Waals surface area contributed by atoms with E-state index in [1.165, 1.54) is 17.0 Å². The van der Waals surface area contributed by atoms with Crippen LogP contribution in [0.3, 0.4) is 0 Å². The number of phenols is 1. The Morgan fingerprint density at radius 1 is 0.947 bits per heavy atom. The van der Waals surface area contributed by atoms with Crippen LogP contribution in [0.5, 0.6) is 11.5 Å². The maximum atomic E-state index is 13.2. The minimum atomic E-state index is -0.882. The zero-order chi connectivity index (χ0) is 26.6. The molecule has 1 aliphatic rings. The Balaban J connectivity index is 1.48. The molecule has 0 unspecified atom stereocenters. The van der Waals surface area contributed by atoms with Crippen molar-refractivity contribution in [3.63, 3.8) is 0 Å². The first kappa shape index (κ1) is 24.8. The number of amides is 1. The van der Waals surface area contributed by atoms with Crippen LogP contribution in [0.4, 0.5) is 0 Å². The maximum absolute atomic E-state index is 13.2. The average molecular weight is 507 g/mol. The Hall–Kier alpha value is -4.91. The fourth-order valence-corrected chi connectivity index (χ4v) is 4.57. The van der Waals surface area contributed by atoms with Gasteiger partial charge in [0.05, 0.1) is 11.6 Å². The highest BCUT2D eigenvalue weighted by Crippen LogP contribution is 2.41. The van der Waals surface area contributed by atoms with Gasteiger partial charge in [-0.05, 0) is 77.7 Å². The highest BCUT2D eigenvalue weighted by molar-refractivity contribution is 6.46. The summed E-state index contributed by atoms with van der Waals surface area (Å²) >= 11 is 0. The molecule has 1 amide bonds. The van der Waals surface area contributed by atoms with Crippen molar-refractivity contribution >= 4 is 17.4 Å². The molecule has 0 saturated carbocycles. The number of pyridine rings is 1. The lowest BCUT2D eigenvalue weighted by molar-refractivity contribution is -0.140. The zero-order valence-corrected chi connectivity index (χ0v) is 20.7. The van der Waals surface area contributed by atoms with Gasteiger partial charge in [-0.15, -0.1) is 0 Å². The van der Waals surface area contributed by atoms with E-state index in [0.717, 1.165) is 16.7 Å². The van der Waals surface area contributed by atoms with E-state index in [2.05, 4.69) is 4.98 Å². The van der Waals surface area contributed by atoms with E-state index in [9.17, 15) is 19.8 Å². The molecule has 190 valence electrons. The fraction of sp³-hybridized carbons (Fsp3) is 0.129. The fourth-order valence-electron chi connectivity index (χ4n) is 4.57. The number of ether oxygens (including phenoxy) is 1. The third kappa shape index (κ3) is 4.99. The van der Waals surface area contributed by atoms with E-state index < -0.39 is 17.7 Å². The molecule has 1 aliphatic heterocycles. The van der Waals surface area contributed by atoms with Gasteiger partial charge in [-0.3, -0.25) is 14.6 Å². The Morgan fingerprint density at radius 2 is 1.68 bits per heavy atom. The number of Topliss-reactive ketones (excluding diaryl/α,β-unsaturated/α-hetero) is 1. The second-order valence-electron chi connectivity index (χ2n) is 9.12. The lowest BCUT2D eigenvalue weighted by Crippen LogP contribution is -2.29. The molecule has 0 radical (unpaired) electrons. The van der Waals surface area contributed by atoms with Crippen LogP contribution in [0.1, 0.15) is 33.9 Å². The first-order valence-corrected chi connectivity index (χ1v) is 12.2. The van der Waals surface area contributed by atoms with Gasteiger partial charge in [0, 0.05) is 24.5 Å². The van der Waals surface area contributed by atoms with Crippen molar-refractivity contribution in [3.8, 4) is 11.5 Å². The summed E-state index contributed by atoms with van der Waals surface area (Å²) in [5.41, 5.74) is 3.83. The number of ketones is 1. The van der Waals surface area contributed by atoms with Gasteiger partial charge in [-0.1, -0.05) is 36.4 Å². The number of carbonyl (C=O) groups excluding carboxylic acids is 2. The van der Waals surface area contributed by atoms with Crippen LogP contribution in [-0.4, -0.2) is 31.8 Å². The molecule has 1 atom stereocenters. The number of carbonyl (C=O) groups is 2. The van der Waals surface area contributed by atoms with Crippen LogP contribution in [0, 0.1) is 6.92 Å². The van der Waals surface area contributed by atoms with Gasteiger partial charge in [0.15, 0.2) is 0 Å². The van der Waals surface area contributed by atoms with E-state index >= 15 is 0 Å². The largest absolute Gasteiger partial charge is 0.508 e. The van der Waals surface area contributed by atoms with Crippen molar-refractivity contribution in [3.05, 3.63) is 131 Å². The Bertz CT molecular complexity index is 1510. The first-order valence-electron chi connectivity index (χ1n) is 12.2. The molecule has 1 saturated heterocycles. The summed E-state index contributed by atoms with van der Waals surface area (Å²) in [6, 6.07) is 23.7. The number of rotatable bonds is 7. The van der Waals surface area contributed by atoms with Crippen LogP contribution in [0.2, 0.25) is 0 Å². The highest BCUT2D eigenvalue weighted by atomic mass is 16.5. The minimum absolute atomic E-state index is 0.00727. The number of likely N-dealkylation sites (tertiary alicyclic amines) is 1. The highest BCUT2D eigenvalue weighted by Gasteiger charge is 2.46. The van der Waals surface area contributed by atoms with Crippen LogP contribution in [-0.2, 0) is 22.7 Å². The molecule has 2 N–H and O–H groups in total. The number of nitrogens with zero attached hydrogens (tertiary/aromatic N) is 2. The van der Waals surface area contributed by atoms with Gasteiger partial charge in [0.25, 0.3) is 11.7 Å². The van der Waals surface area contributed by atoms with E-state index in [0.29, 0.717) is 23.5 Å². The summed E-state index contributed by atoms with van der Waals surface area (Å²) in [5.74, 6) is -1.21. The van der Waals surface area contributed by atoms with Crippen molar-refractivity contribution in [1.29, 1.82) is 0 Å². The standard InChI is InChI=1S/C31H26N2O5/c1-20-5-2-3-6-24(20)19-38-26-11-9-22(10-12-26)29(35)27-28(23-7-4-8-25(34)17-23)33(31(37)30(27)36)18-21-13-15-32-16-14-21/h2-17,28,34-35H,18-19H2,1H3/b29-27+/t28-/m1/s1. The normalized spacial score (nSPS) is 16.6. The summed E-state index contributed by atoms with van der Waals surface area (Å²) < 4.78 is 5.90. The maximum Gasteiger partial charge on any atom is 0.295 e. The molecule has 5 rings (SSSR count). The quantitative estimate of drug-likeness (QED) is 0.201. The van der Waals surface area contributed by atoms with Crippen LogP contribution in [0.15, 0.2) is 103 Å². The Morgan fingerprint density at radius 3 is 2.39 bits per heavy atom. The van der Waals surface area contributed by atoms with Crippen LogP contribution in [0.25, 0.3) is 5.76 Å². The minimum Gasteiger partial charge on any atom is -0.508 e. The molecule has 3 aromatic carbocycles. The van der Waals surface area contributed by atoms with Gasteiger partial charge >= 0.3 is 0 Å². The molecule has 38 heavy (non-hydrogen) atoms. The molecule has 1 aromatic heterocycles. The monoisotopic (exact) mass is 506 g/mol. The van der Waals surface area contributed by atoms with Crippen molar-refractivity contribution < 1.29 is 24.5 Å². The molecule has 7 nitrogen and oxygen atoms in total. The van der Waals surface area contributed by atoms with Gasteiger partial charge in [-0.25, -0.2) is 0 Å². The van der Waals surface area contributed by atoms with Crippen molar-refractivity contribution in [2.75, 3.05) is 0 Å². The predicted molar refractivity (Wildman–Crippen MR) is 142 cm³/mol. The number of hydrogen-bond acceptors (Lipinski definition) is 6. The third-order valence-corrected chi connectivity index (χ3v) is 6.61. The lowest BCUT2D eigenvalue weighted by Gasteiger charge is -2.25. The molecule has 1 fully saturated rings. The number of aryl methyl sites for hydroxylation is 1. The van der Waals surface area contributed by atoms with Gasteiger partial charge in [0.2, 0.25) is 0 Å². The predicted octanol–water partition coefficient (Wildman–Crippen LogP) is 5.30. The SMILES string of the molecule is Cc1ccccc1COc1ccc(/C(O)=C2\C(=O)C(=O)N(Cc3ccncc3)[C@@H]2c2cccc(O)c2)cc1. The number of hydrogen-bond donors (Lipinski definition) is 2. The molecule has 0 aliphatic carbocycles. The van der Waals surface area contributed by atoms with E-state index in [1.807, 2.05) is 31.2 Å². The van der Waals surface area contributed by atoms with Gasteiger partial charge in [0.1, 0.15) is 23.9 Å². The topological polar surface area (TPSA) is 100.0 Å². The molecule has 0 spiro atoms. The Kier molecular flexibility index (Phi) is 6.91. The summed E-state index contributed by atoms with van der Waals surface area (Å²) in [6.45, 7) is 2.55. The average Bonchev–Trinajstić information content (AvgIpc) is 3.18. The number of aromatic nitrogens is 1. The van der Waals surface area contributed by atoms with E-state index in [4.69, 9.17) is 4.74 Å². The van der Waals surface area contributed by atoms with Gasteiger partial charge in [-0.2, -0.15) is 0 Å². The van der Waals surface area contributed by atoms with Crippen LogP contribution < -0.4 is 4.74 Å². The third-order valence-electron chi connectivity index (χ3n) is 6.61. The molecule has 4 aromatic rings. The molecule has 7 heteroatoms. The smallest absolute Gasteiger partial charge is 0.295 e. The van der Waals surface area contributed by atoms with E-state index in [-0.39, 0.29) is 23.6 Å². The van der Waals surface area contributed by atoms with Crippen molar-refractivity contribution in [1.82, 2.24) is 9.88 Å². The molecule has 2 heterocycles. The molecular formula is C31H26N2O5. The first-order chi connectivity index (χ1) is 18.4. The zero-order valence-electron chi connectivity index (χ0n) is 20.7. The molecule has 0 bridgehead atoms. The van der Waals surface area contributed by atoms with Crippen molar-refractivity contribution in [2.45, 2.75) is 26.1 Å². The van der Waals surface area contributed by atoms with E-state index in [1.54, 1.807) is 60.9 Å². The summed E-state index contributed by atoms with van der Waals surface area (Å²) in [7, 11) is 0. The number of aromatic hydroxyl groups is 1. The summed E-state index contributed by atoms with van der Waals surface area (Å²) in [4.78, 5) is 31.8. The number of phenolic OH excluding ortho intramolecular Hbond substituents is 1. The van der Waals surface area contributed by atoms with Crippen LogP contribution >= 0.6 is 0 Å². The summed E-state index contributed by atoms with van der Waals surface area (Å²) in [5, 5.41) is 21.4. The second-order valence-corrected chi connectivity index (χ2v) is 9.12. The second kappa shape index (κ2) is 10.6. The lowest BCUT2D eigenvalue weighted by atomic mass is 9.95. The van der Waals surface area contributed by atoms with Gasteiger partial charge < -0.3 is 19.8 Å². The van der Waals surface area contributed by atoms with Crippen molar-refractivity contribution in [2.24, 2.45) is 0 Å². The molecular weight excluding hydrogens is 480 g/mol. The number of benzene rings is 3. The number of aliphatic hydroxyl groups is 1.